The van der Waals surface area contributed by atoms with Gasteiger partial charge in [-0.25, -0.2) is 0 Å². The Kier molecular flexibility index (Phi) is 4.61. The monoisotopic (exact) mass is 399 g/mol. The molecule has 1 aliphatic rings. The predicted molar refractivity (Wildman–Crippen MR) is 110 cm³/mol. The molecule has 150 valence electrons. The molecule has 0 aromatic heterocycles. The molecule has 0 radical (unpaired) electrons. The van der Waals surface area contributed by atoms with Crippen molar-refractivity contribution in [3.8, 4) is 5.75 Å². The van der Waals surface area contributed by atoms with Crippen molar-refractivity contribution in [2.75, 3.05) is 31.4 Å². The summed E-state index contributed by atoms with van der Waals surface area (Å²) in [6.07, 6.45) is -5.41. The Balaban J connectivity index is 1.91. The Bertz CT molecular complexity index is 1090. The quantitative estimate of drug-likeness (QED) is 0.642. The fourth-order valence-corrected chi connectivity index (χ4v) is 3.62. The van der Waals surface area contributed by atoms with Crippen LogP contribution in [0.15, 0.2) is 59.6 Å². The second-order valence-corrected chi connectivity index (χ2v) is 7.05. The molecule has 0 saturated carbocycles. The van der Waals surface area contributed by atoms with E-state index in [9.17, 15) is 13.2 Å². The van der Waals surface area contributed by atoms with Gasteiger partial charge in [0.05, 0.1) is 12.8 Å². The highest BCUT2D eigenvalue weighted by atomic mass is 19.4. The van der Waals surface area contributed by atoms with E-state index in [1.54, 1.807) is 37.4 Å². The third-order valence-electron chi connectivity index (χ3n) is 5.01. The molecule has 1 heterocycles. The average molecular weight is 399 g/mol. The Morgan fingerprint density at radius 3 is 2.31 bits per heavy atom. The van der Waals surface area contributed by atoms with E-state index < -0.39 is 18.1 Å². The van der Waals surface area contributed by atoms with Gasteiger partial charge < -0.3 is 15.0 Å². The minimum absolute atomic E-state index is 0.0608. The molecular weight excluding hydrogens is 379 g/mol. The third kappa shape index (κ3) is 3.37. The van der Waals surface area contributed by atoms with E-state index in [4.69, 9.17) is 4.74 Å². The van der Waals surface area contributed by atoms with E-state index in [2.05, 4.69) is 10.3 Å². The summed E-state index contributed by atoms with van der Waals surface area (Å²) in [5.41, 5.74) is 1.19. The van der Waals surface area contributed by atoms with Crippen molar-refractivity contribution in [3.05, 3.63) is 65.7 Å². The number of rotatable bonds is 3. The zero-order valence-corrected chi connectivity index (χ0v) is 16.2. The predicted octanol–water partition coefficient (Wildman–Crippen LogP) is 5.39. The van der Waals surface area contributed by atoms with Crippen molar-refractivity contribution in [1.82, 2.24) is 0 Å². The number of hydrogen-bond donors (Lipinski definition) is 1. The lowest BCUT2D eigenvalue weighted by atomic mass is 9.96. The standard InChI is InChI=1S/C22H20F3N3O/c1-28(2)18-6-4-5-16-15(18)11-12-17-19(16)26-21(27-20(17)22(23,24)25)13-7-9-14(29-3)10-8-13/h4-12,21,26H,1-3H3. The number of halogens is 3. The molecule has 7 heteroatoms. The van der Waals surface area contributed by atoms with Crippen LogP contribution >= 0.6 is 0 Å². The summed E-state index contributed by atoms with van der Waals surface area (Å²) in [5, 5.41) is 4.82. The lowest BCUT2D eigenvalue weighted by molar-refractivity contribution is -0.0584. The molecule has 0 saturated heterocycles. The molecule has 0 aliphatic carbocycles. The van der Waals surface area contributed by atoms with Crippen LogP contribution in [0.3, 0.4) is 0 Å². The molecule has 0 fully saturated rings. The molecule has 1 N–H and O–H groups in total. The first-order valence-corrected chi connectivity index (χ1v) is 9.08. The molecule has 0 amide bonds. The zero-order valence-electron chi connectivity index (χ0n) is 16.2. The lowest BCUT2D eigenvalue weighted by Gasteiger charge is -2.29. The van der Waals surface area contributed by atoms with Crippen LogP contribution in [0.1, 0.15) is 17.3 Å². The summed E-state index contributed by atoms with van der Waals surface area (Å²) in [6.45, 7) is 0. The van der Waals surface area contributed by atoms with Gasteiger partial charge in [-0.3, -0.25) is 4.99 Å². The maximum Gasteiger partial charge on any atom is 0.433 e. The van der Waals surface area contributed by atoms with E-state index in [1.807, 2.05) is 37.2 Å². The minimum atomic E-state index is -4.56. The van der Waals surface area contributed by atoms with E-state index in [1.165, 1.54) is 6.07 Å². The second-order valence-electron chi connectivity index (χ2n) is 7.05. The van der Waals surface area contributed by atoms with Gasteiger partial charge >= 0.3 is 6.18 Å². The summed E-state index contributed by atoms with van der Waals surface area (Å²) < 4.78 is 46.7. The average Bonchev–Trinajstić information content (AvgIpc) is 2.71. The van der Waals surface area contributed by atoms with Crippen molar-refractivity contribution in [2.24, 2.45) is 4.99 Å². The number of ether oxygens (including phenoxy) is 1. The largest absolute Gasteiger partial charge is 0.497 e. The minimum Gasteiger partial charge on any atom is -0.497 e. The number of nitrogens with zero attached hydrogens (tertiary/aromatic N) is 2. The first-order valence-electron chi connectivity index (χ1n) is 9.08. The van der Waals surface area contributed by atoms with Crippen molar-refractivity contribution in [3.63, 3.8) is 0 Å². The number of aliphatic imine (C=N–C) groups is 1. The Hall–Kier alpha value is -3.22. The van der Waals surface area contributed by atoms with Crippen LogP contribution in [0.4, 0.5) is 24.5 Å². The van der Waals surface area contributed by atoms with Crippen LogP contribution in [0.5, 0.6) is 5.75 Å². The molecular formula is C22H20F3N3O. The van der Waals surface area contributed by atoms with Crippen molar-refractivity contribution >= 4 is 27.9 Å². The normalized spacial score (nSPS) is 16.1. The van der Waals surface area contributed by atoms with Gasteiger partial charge in [-0.05, 0) is 23.8 Å². The number of alkyl halides is 3. The van der Waals surface area contributed by atoms with Gasteiger partial charge in [0.25, 0.3) is 0 Å². The number of fused-ring (bicyclic) bond motifs is 3. The van der Waals surface area contributed by atoms with Crippen LogP contribution < -0.4 is 15.0 Å². The number of benzene rings is 3. The zero-order chi connectivity index (χ0) is 20.8. The first kappa shape index (κ1) is 19.1. The number of methoxy groups -OCH3 is 1. The summed E-state index contributed by atoms with van der Waals surface area (Å²) in [4.78, 5) is 5.96. The molecule has 29 heavy (non-hydrogen) atoms. The van der Waals surface area contributed by atoms with Crippen LogP contribution in [-0.4, -0.2) is 33.1 Å². The van der Waals surface area contributed by atoms with Gasteiger partial charge in [-0.1, -0.05) is 36.4 Å². The third-order valence-corrected chi connectivity index (χ3v) is 5.01. The van der Waals surface area contributed by atoms with Crippen LogP contribution in [0.2, 0.25) is 0 Å². The van der Waals surface area contributed by atoms with E-state index in [-0.39, 0.29) is 5.56 Å². The van der Waals surface area contributed by atoms with Crippen molar-refractivity contribution < 1.29 is 17.9 Å². The topological polar surface area (TPSA) is 36.9 Å². The molecule has 3 aromatic carbocycles. The molecule has 1 aliphatic heterocycles. The fourth-order valence-electron chi connectivity index (χ4n) is 3.62. The van der Waals surface area contributed by atoms with Crippen molar-refractivity contribution in [1.29, 1.82) is 0 Å². The van der Waals surface area contributed by atoms with Crippen LogP contribution in [0.25, 0.3) is 10.8 Å². The van der Waals surface area contributed by atoms with E-state index in [0.29, 0.717) is 17.0 Å². The van der Waals surface area contributed by atoms with Gasteiger partial charge in [0.2, 0.25) is 0 Å². The summed E-state index contributed by atoms with van der Waals surface area (Å²) >= 11 is 0. The van der Waals surface area contributed by atoms with Gasteiger partial charge in [0.1, 0.15) is 11.9 Å². The highest BCUT2D eigenvalue weighted by Crippen LogP contribution is 2.41. The molecule has 0 bridgehead atoms. The summed E-state index contributed by atoms with van der Waals surface area (Å²) in [7, 11) is 5.35. The first-order chi connectivity index (χ1) is 13.8. The highest BCUT2D eigenvalue weighted by Gasteiger charge is 2.41. The number of anilines is 2. The van der Waals surface area contributed by atoms with E-state index in [0.717, 1.165) is 16.5 Å². The Morgan fingerprint density at radius 2 is 1.69 bits per heavy atom. The van der Waals surface area contributed by atoms with Gasteiger partial charge in [0, 0.05) is 36.1 Å². The van der Waals surface area contributed by atoms with Crippen molar-refractivity contribution in [2.45, 2.75) is 12.3 Å². The maximum atomic E-state index is 13.8. The molecule has 1 atom stereocenters. The van der Waals surface area contributed by atoms with Gasteiger partial charge in [0.15, 0.2) is 5.71 Å². The van der Waals surface area contributed by atoms with Gasteiger partial charge in [-0.15, -0.1) is 0 Å². The summed E-state index contributed by atoms with van der Waals surface area (Å²) in [5.74, 6) is 0.631. The molecule has 1 unspecified atom stereocenters. The smallest absolute Gasteiger partial charge is 0.433 e. The fraction of sp³-hybridized carbons (Fsp3) is 0.227. The lowest BCUT2D eigenvalue weighted by Crippen LogP contribution is -2.30. The molecule has 3 aromatic rings. The second kappa shape index (κ2) is 6.99. The molecule has 4 nitrogen and oxygen atoms in total. The Labute approximate surface area is 166 Å². The number of nitrogens with one attached hydrogen (secondary N) is 1. The molecule has 4 rings (SSSR count). The van der Waals surface area contributed by atoms with E-state index >= 15 is 0 Å². The maximum absolute atomic E-state index is 13.8. The van der Waals surface area contributed by atoms with Crippen LogP contribution in [-0.2, 0) is 0 Å². The SMILES string of the molecule is COc1ccc(C2N=C(C(F)(F)F)c3ccc4c(N(C)C)cccc4c3N2)cc1. The number of hydrogen-bond acceptors (Lipinski definition) is 4. The summed E-state index contributed by atoms with van der Waals surface area (Å²) in [6, 6.07) is 15.7. The molecule has 0 spiro atoms. The Morgan fingerprint density at radius 1 is 0.966 bits per heavy atom. The van der Waals surface area contributed by atoms with Crippen LogP contribution in [0, 0.1) is 0 Å². The van der Waals surface area contributed by atoms with Gasteiger partial charge in [-0.2, -0.15) is 13.2 Å². The highest BCUT2D eigenvalue weighted by molar-refractivity contribution is 6.16.